The van der Waals surface area contributed by atoms with Gasteiger partial charge in [-0.1, -0.05) is 29.3 Å². The highest BCUT2D eigenvalue weighted by Gasteiger charge is 2.28. The lowest BCUT2D eigenvalue weighted by Crippen LogP contribution is -2.09. The minimum Gasteiger partial charge on any atom is -0.393 e. The average molecular weight is 259 g/mol. The number of rotatable bonds is 5. The molecule has 1 nitrogen and oxygen atoms in total. The molecule has 3 heteroatoms. The van der Waals surface area contributed by atoms with Crippen molar-refractivity contribution in [2.45, 2.75) is 38.2 Å². The number of aliphatic hydroxyl groups excluding tert-OH is 1. The summed E-state index contributed by atoms with van der Waals surface area (Å²) in [6.07, 6.45) is 5.07. The number of aryl methyl sites for hydroxylation is 1. The van der Waals surface area contributed by atoms with E-state index in [0.717, 1.165) is 29.8 Å². The summed E-state index contributed by atoms with van der Waals surface area (Å²) in [5, 5.41) is 11.1. The first-order valence-corrected chi connectivity index (χ1v) is 6.54. The van der Waals surface area contributed by atoms with Crippen molar-refractivity contribution in [1.82, 2.24) is 0 Å². The Balaban J connectivity index is 1.80. The predicted octanol–water partition coefficient (Wildman–Crippen LogP) is 4.09. The van der Waals surface area contributed by atoms with Crippen LogP contribution in [-0.2, 0) is 6.42 Å². The molecule has 1 saturated carbocycles. The molecule has 0 heterocycles. The smallest absolute Gasteiger partial charge is 0.0568 e. The molecule has 16 heavy (non-hydrogen) atoms. The zero-order chi connectivity index (χ0) is 11.5. The third kappa shape index (κ3) is 3.38. The molecule has 1 N–H and O–H groups in total. The first-order valence-electron chi connectivity index (χ1n) is 5.79. The predicted molar refractivity (Wildman–Crippen MR) is 68.1 cm³/mol. The molecular weight excluding hydrogens is 243 g/mol. The Bertz CT molecular complexity index is 361. The zero-order valence-electron chi connectivity index (χ0n) is 9.13. The molecule has 1 atom stereocenters. The molecule has 0 saturated heterocycles. The molecule has 0 bridgehead atoms. The van der Waals surface area contributed by atoms with E-state index >= 15 is 0 Å². The van der Waals surface area contributed by atoms with Crippen LogP contribution in [0.2, 0.25) is 10.0 Å². The van der Waals surface area contributed by atoms with Gasteiger partial charge in [-0.2, -0.15) is 0 Å². The Morgan fingerprint density at radius 3 is 2.69 bits per heavy atom. The Morgan fingerprint density at radius 1 is 1.31 bits per heavy atom. The van der Waals surface area contributed by atoms with Crippen LogP contribution in [-0.4, -0.2) is 11.2 Å². The van der Waals surface area contributed by atoms with Crippen molar-refractivity contribution >= 4 is 23.2 Å². The van der Waals surface area contributed by atoms with Crippen molar-refractivity contribution in [1.29, 1.82) is 0 Å². The van der Waals surface area contributed by atoms with Crippen LogP contribution in [0.25, 0.3) is 0 Å². The molecule has 0 spiro atoms. The van der Waals surface area contributed by atoms with Crippen molar-refractivity contribution in [3.05, 3.63) is 33.8 Å². The third-order valence-corrected chi connectivity index (χ3v) is 3.71. The number of halogens is 2. The van der Waals surface area contributed by atoms with Gasteiger partial charge in [0, 0.05) is 10.0 Å². The monoisotopic (exact) mass is 258 g/mol. The largest absolute Gasteiger partial charge is 0.393 e. The number of hydrogen-bond acceptors (Lipinski definition) is 1. The minimum absolute atomic E-state index is 0.105. The first kappa shape index (κ1) is 12.2. The van der Waals surface area contributed by atoms with Crippen molar-refractivity contribution in [3.63, 3.8) is 0 Å². The Hall–Kier alpha value is -0.240. The highest BCUT2D eigenvalue weighted by molar-refractivity contribution is 6.35. The molecule has 0 aromatic heterocycles. The summed E-state index contributed by atoms with van der Waals surface area (Å²) >= 11 is 11.9. The van der Waals surface area contributed by atoms with Gasteiger partial charge in [-0.05, 0) is 55.7 Å². The van der Waals surface area contributed by atoms with Gasteiger partial charge < -0.3 is 5.11 Å². The SMILES string of the molecule is OC(CCCc1ccc(Cl)cc1Cl)C1CC1. The van der Waals surface area contributed by atoms with Crippen LogP contribution < -0.4 is 0 Å². The minimum atomic E-state index is -0.105. The summed E-state index contributed by atoms with van der Waals surface area (Å²) in [7, 11) is 0. The van der Waals surface area contributed by atoms with Crippen LogP contribution in [0.4, 0.5) is 0 Å². The summed E-state index contributed by atoms with van der Waals surface area (Å²) in [4.78, 5) is 0. The lowest BCUT2D eigenvalue weighted by atomic mass is 10.0. The maximum atomic E-state index is 9.73. The van der Waals surface area contributed by atoms with Crippen molar-refractivity contribution in [3.8, 4) is 0 Å². The number of hydrogen-bond donors (Lipinski definition) is 1. The fourth-order valence-corrected chi connectivity index (χ4v) is 2.45. The van der Waals surface area contributed by atoms with Crippen molar-refractivity contribution < 1.29 is 5.11 Å². The van der Waals surface area contributed by atoms with E-state index in [-0.39, 0.29) is 6.10 Å². The third-order valence-electron chi connectivity index (χ3n) is 3.13. The normalized spacial score (nSPS) is 17.4. The second-order valence-corrected chi connectivity index (χ2v) is 5.38. The Kier molecular flexibility index (Phi) is 4.12. The van der Waals surface area contributed by atoms with E-state index in [2.05, 4.69) is 0 Å². The highest BCUT2D eigenvalue weighted by atomic mass is 35.5. The van der Waals surface area contributed by atoms with Gasteiger partial charge in [-0.3, -0.25) is 0 Å². The van der Waals surface area contributed by atoms with E-state index in [0.29, 0.717) is 10.9 Å². The molecule has 1 unspecified atom stereocenters. The van der Waals surface area contributed by atoms with Crippen molar-refractivity contribution in [2.75, 3.05) is 0 Å². The molecule has 1 aromatic rings. The van der Waals surface area contributed by atoms with Gasteiger partial charge in [0.15, 0.2) is 0 Å². The lowest BCUT2D eigenvalue weighted by Gasteiger charge is -2.09. The van der Waals surface area contributed by atoms with Crippen LogP contribution in [0.15, 0.2) is 18.2 Å². The zero-order valence-corrected chi connectivity index (χ0v) is 10.6. The molecule has 2 rings (SSSR count). The van der Waals surface area contributed by atoms with Gasteiger partial charge in [0.25, 0.3) is 0 Å². The van der Waals surface area contributed by atoms with Crippen LogP contribution in [0.1, 0.15) is 31.2 Å². The van der Waals surface area contributed by atoms with E-state index in [4.69, 9.17) is 23.2 Å². The topological polar surface area (TPSA) is 20.2 Å². The van der Waals surface area contributed by atoms with Gasteiger partial charge in [-0.15, -0.1) is 0 Å². The van der Waals surface area contributed by atoms with E-state index in [9.17, 15) is 5.11 Å². The number of aliphatic hydroxyl groups is 1. The second-order valence-electron chi connectivity index (χ2n) is 4.53. The fraction of sp³-hybridized carbons (Fsp3) is 0.538. The molecule has 0 amide bonds. The van der Waals surface area contributed by atoms with Gasteiger partial charge in [0.1, 0.15) is 0 Å². The molecule has 0 radical (unpaired) electrons. The quantitative estimate of drug-likeness (QED) is 0.844. The highest BCUT2D eigenvalue weighted by Crippen LogP contribution is 2.34. The number of benzene rings is 1. The molecular formula is C13H16Cl2O. The van der Waals surface area contributed by atoms with Gasteiger partial charge >= 0.3 is 0 Å². The summed E-state index contributed by atoms with van der Waals surface area (Å²) in [6.45, 7) is 0. The summed E-state index contributed by atoms with van der Waals surface area (Å²) < 4.78 is 0. The summed E-state index contributed by atoms with van der Waals surface area (Å²) in [6, 6.07) is 5.60. The van der Waals surface area contributed by atoms with Gasteiger partial charge in [-0.25, -0.2) is 0 Å². The van der Waals surface area contributed by atoms with E-state index < -0.39 is 0 Å². The maximum absolute atomic E-state index is 9.73. The summed E-state index contributed by atoms with van der Waals surface area (Å²) in [5.74, 6) is 0.570. The van der Waals surface area contributed by atoms with E-state index in [1.807, 2.05) is 12.1 Å². The van der Waals surface area contributed by atoms with Gasteiger partial charge in [0.05, 0.1) is 6.10 Å². The Labute approximate surface area is 106 Å². The molecule has 1 aliphatic rings. The molecule has 88 valence electrons. The van der Waals surface area contributed by atoms with E-state index in [1.165, 1.54) is 12.8 Å². The second kappa shape index (κ2) is 5.39. The van der Waals surface area contributed by atoms with Crippen molar-refractivity contribution in [2.24, 2.45) is 5.92 Å². The average Bonchev–Trinajstić information content (AvgIpc) is 3.04. The molecule has 0 aliphatic heterocycles. The maximum Gasteiger partial charge on any atom is 0.0568 e. The lowest BCUT2D eigenvalue weighted by molar-refractivity contribution is 0.139. The fourth-order valence-electron chi connectivity index (χ4n) is 1.94. The molecule has 1 fully saturated rings. The summed E-state index contributed by atoms with van der Waals surface area (Å²) in [5.41, 5.74) is 1.12. The van der Waals surface area contributed by atoms with Crippen LogP contribution in [0, 0.1) is 5.92 Å². The molecule has 1 aliphatic carbocycles. The van der Waals surface area contributed by atoms with Gasteiger partial charge in [0.2, 0.25) is 0 Å². The first-order chi connectivity index (χ1) is 7.66. The standard InChI is InChI=1S/C13H16Cl2O/c14-11-7-6-9(12(15)8-11)2-1-3-13(16)10-4-5-10/h6-8,10,13,16H,1-5H2. The van der Waals surface area contributed by atoms with Crippen LogP contribution in [0.5, 0.6) is 0 Å². The Morgan fingerprint density at radius 2 is 2.06 bits per heavy atom. The van der Waals surface area contributed by atoms with Crippen LogP contribution in [0.3, 0.4) is 0 Å². The molecule has 1 aromatic carbocycles. The van der Waals surface area contributed by atoms with E-state index in [1.54, 1.807) is 6.07 Å². The van der Waals surface area contributed by atoms with Crippen LogP contribution >= 0.6 is 23.2 Å².